The van der Waals surface area contributed by atoms with Crippen LogP contribution in [-0.4, -0.2) is 42.3 Å². The fourth-order valence-corrected chi connectivity index (χ4v) is 1.95. The molecule has 1 saturated heterocycles. The molecule has 16 heavy (non-hydrogen) atoms. The predicted molar refractivity (Wildman–Crippen MR) is 61.0 cm³/mol. The van der Waals surface area contributed by atoms with Gasteiger partial charge < -0.3 is 9.30 Å². The SMILES string of the molecule is N#Cc1ccn(CCCN2CCOCC2)c1. The molecule has 1 aromatic rings. The third-order valence-corrected chi connectivity index (χ3v) is 2.87. The zero-order valence-electron chi connectivity index (χ0n) is 9.43. The summed E-state index contributed by atoms with van der Waals surface area (Å²) in [7, 11) is 0. The van der Waals surface area contributed by atoms with E-state index in [0.717, 1.165) is 51.4 Å². The van der Waals surface area contributed by atoms with E-state index in [1.807, 2.05) is 18.5 Å². The summed E-state index contributed by atoms with van der Waals surface area (Å²) < 4.78 is 7.38. The molecule has 2 heterocycles. The molecule has 1 fully saturated rings. The zero-order valence-corrected chi connectivity index (χ0v) is 9.43. The highest BCUT2D eigenvalue weighted by atomic mass is 16.5. The summed E-state index contributed by atoms with van der Waals surface area (Å²) in [6.07, 6.45) is 5.00. The van der Waals surface area contributed by atoms with Gasteiger partial charge in [0.05, 0.1) is 18.8 Å². The molecule has 2 rings (SSSR count). The Bertz CT molecular complexity index is 361. The topological polar surface area (TPSA) is 41.2 Å². The zero-order chi connectivity index (χ0) is 11.2. The van der Waals surface area contributed by atoms with Gasteiger partial charge in [0, 0.05) is 38.6 Å². The highest BCUT2D eigenvalue weighted by Gasteiger charge is 2.09. The van der Waals surface area contributed by atoms with Crippen molar-refractivity contribution < 1.29 is 4.74 Å². The van der Waals surface area contributed by atoms with Gasteiger partial charge in [-0.1, -0.05) is 0 Å². The van der Waals surface area contributed by atoms with Crippen LogP contribution in [0, 0.1) is 11.3 Å². The molecule has 4 heteroatoms. The van der Waals surface area contributed by atoms with Gasteiger partial charge in [-0.05, 0) is 12.5 Å². The van der Waals surface area contributed by atoms with Crippen molar-refractivity contribution in [2.45, 2.75) is 13.0 Å². The summed E-state index contributed by atoms with van der Waals surface area (Å²) in [5, 5.41) is 8.69. The number of hydrogen-bond donors (Lipinski definition) is 0. The van der Waals surface area contributed by atoms with Crippen LogP contribution >= 0.6 is 0 Å². The van der Waals surface area contributed by atoms with E-state index in [2.05, 4.69) is 15.5 Å². The van der Waals surface area contributed by atoms with Crippen molar-refractivity contribution in [1.29, 1.82) is 5.26 Å². The molecule has 1 aromatic heterocycles. The largest absolute Gasteiger partial charge is 0.379 e. The van der Waals surface area contributed by atoms with Crippen molar-refractivity contribution in [3.8, 4) is 6.07 Å². The van der Waals surface area contributed by atoms with Crippen molar-refractivity contribution in [2.24, 2.45) is 0 Å². The number of nitrogens with zero attached hydrogens (tertiary/aromatic N) is 3. The third-order valence-electron chi connectivity index (χ3n) is 2.87. The van der Waals surface area contributed by atoms with Crippen molar-refractivity contribution in [2.75, 3.05) is 32.8 Å². The van der Waals surface area contributed by atoms with Crippen LogP contribution in [-0.2, 0) is 11.3 Å². The Hall–Kier alpha value is -1.31. The van der Waals surface area contributed by atoms with Crippen molar-refractivity contribution in [3.63, 3.8) is 0 Å². The summed E-state index contributed by atoms with van der Waals surface area (Å²) in [6.45, 7) is 5.93. The maximum atomic E-state index is 8.69. The van der Waals surface area contributed by atoms with Crippen molar-refractivity contribution >= 4 is 0 Å². The average Bonchev–Trinajstić information content (AvgIpc) is 2.78. The molecular formula is C12H17N3O. The lowest BCUT2D eigenvalue weighted by Crippen LogP contribution is -2.37. The Labute approximate surface area is 96.0 Å². The van der Waals surface area contributed by atoms with E-state index in [4.69, 9.17) is 10.00 Å². The summed E-state index contributed by atoms with van der Waals surface area (Å²) >= 11 is 0. The Morgan fingerprint density at radius 2 is 2.12 bits per heavy atom. The molecule has 0 saturated carbocycles. The second kappa shape index (κ2) is 5.69. The Balaban J connectivity index is 1.69. The molecule has 1 aliphatic heterocycles. The van der Waals surface area contributed by atoms with E-state index in [-0.39, 0.29) is 0 Å². The van der Waals surface area contributed by atoms with Crippen molar-refractivity contribution in [1.82, 2.24) is 9.47 Å². The molecule has 0 N–H and O–H groups in total. The van der Waals surface area contributed by atoms with Crippen LogP contribution in [0.25, 0.3) is 0 Å². The van der Waals surface area contributed by atoms with Gasteiger partial charge in [0.2, 0.25) is 0 Å². The van der Waals surface area contributed by atoms with Gasteiger partial charge in [-0.25, -0.2) is 0 Å². The van der Waals surface area contributed by atoms with Crippen LogP contribution in [0.4, 0.5) is 0 Å². The minimum Gasteiger partial charge on any atom is -0.379 e. The molecule has 4 nitrogen and oxygen atoms in total. The van der Waals surface area contributed by atoms with E-state index in [1.54, 1.807) is 0 Å². The number of aryl methyl sites for hydroxylation is 1. The van der Waals surface area contributed by atoms with Crippen LogP contribution in [0.1, 0.15) is 12.0 Å². The molecule has 0 radical (unpaired) electrons. The average molecular weight is 219 g/mol. The second-order valence-electron chi connectivity index (χ2n) is 4.06. The first-order valence-corrected chi connectivity index (χ1v) is 5.74. The van der Waals surface area contributed by atoms with Crippen LogP contribution in [0.5, 0.6) is 0 Å². The number of hydrogen-bond acceptors (Lipinski definition) is 3. The van der Waals surface area contributed by atoms with E-state index in [0.29, 0.717) is 0 Å². The fourth-order valence-electron chi connectivity index (χ4n) is 1.95. The molecule has 0 aliphatic carbocycles. The van der Waals surface area contributed by atoms with Gasteiger partial charge in [0.15, 0.2) is 0 Å². The van der Waals surface area contributed by atoms with E-state index < -0.39 is 0 Å². The molecule has 0 unspecified atom stereocenters. The maximum Gasteiger partial charge on any atom is 0.101 e. The van der Waals surface area contributed by atoms with Gasteiger partial charge in [-0.15, -0.1) is 0 Å². The first kappa shape index (κ1) is 11.2. The van der Waals surface area contributed by atoms with Crippen LogP contribution in [0.3, 0.4) is 0 Å². The fraction of sp³-hybridized carbons (Fsp3) is 0.583. The monoisotopic (exact) mass is 219 g/mol. The molecule has 0 bridgehead atoms. The Kier molecular flexibility index (Phi) is 3.97. The lowest BCUT2D eigenvalue weighted by Gasteiger charge is -2.26. The summed E-state index contributed by atoms with van der Waals surface area (Å²) in [4.78, 5) is 2.43. The normalized spacial score (nSPS) is 17.2. The molecular weight excluding hydrogens is 202 g/mol. The minimum atomic E-state index is 0.742. The number of morpholine rings is 1. The summed E-state index contributed by atoms with van der Waals surface area (Å²) in [5.41, 5.74) is 0.742. The van der Waals surface area contributed by atoms with Gasteiger partial charge in [0.25, 0.3) is 0 Å². The lowest BCUT2D eigenvalue weighted by atomic mass is 10.3. The quantitative estimate of drug-likeness (QED) is 0.761. The highest BCUT2D eigenvalue weighted by molar-refractivity contribution is 5.25. The summed E-state index contributed by atoms with van der Waals surface area (Å²) in [6, 6.07) is 4.00. The van der Waals surface area contributed by atoms with E-state index >= 15 is 0 Å². The van der Waals surface area contributed by atoms with Crippen LogP contribution < -0.4 is 0 Å². The number of aromatic nitrogens is 1. The van der Waals surface area contributed by atoms with Gasteiger partial charge >= 0.3 is 0 Å². The van der Waals surface area contributed by atoms with Gasteiger partial charge in [0.1, 0.15) is 6.07 Å². The van der Waals surface area contributed by atoms with Gasteiger partial charge in [-0.2, -0.15) is 5.26 Å². The van der Waals surface area contributed by atoms with E-state index in [9.17, 15) is 0 Å². The Morgan fingerprint density at radius 1 is 1.31 bits per heavy atom. The standard InChI is InChI=1S/C12H17N3O/c13-10-12-2-5-15(11-12)4-1-3-14-6-8-16-9-7-14/h2,5,11H,1,3-4,6-9H2. The molecule has 0 amide bonds. The van der Waals surface area contributed by atoms with Crippen molar-refractivity contribution in [3.05, 3.63) is 24.0 Å². The Morgan fingerprint density at radius 3 is 2.81 bits per heavy atom. The number of ether oxygens (including phenoxy) is 1. The third kappa shape index (κ3) is 3.09. The molecule has 1 aliphatic rings. The van der Waals surface area contributed by atoms with Gasteiger partial charge in [-0.3, -0.25) is 4.90 Å². The molecule has 0 aromatic carbocycles. The van der Waals surface area contributed by atoms with Crippen LogP contribution in [0.15, 0.2) is 18.5 Å². The molecule has 0 atom stereocenters. The maximum absolute atomic E-state index is 8.69. The van der Waals surface area contributed by atoms with E-state index in [1.165, 1.54) is 0 Å². The smallest absolute Gasteiger partial charge is 0.101 e. The second-order valence-corrected chi connectivity index (χ2v) is 4.06. The minimum absolute atomic E-state index is 0.742. The molecule has 0 spiro atoms. The molecule has 86 valence electrons. The number of rotatable bonds is 4. The van der Waals surface area contributed by atoms with Crippen LogP contribution in [0.2, 0.25) is 0 Å². The predicted octanol–water partition coefficient (Wildman–Crippen LogP) is 1.08. The lowest BCUT2D eigenvalue weighted by molar-refractivity contribution is 0.0369. The first-order chi connectivity index (χ1) is 7.88. The number of nitriles is 1. The highest BCUT2D eigenvalue weighted by Crippen LogP contribution is 2.02. The summed E-state index contributed by atoms with van der Waals surface area (Å²) in [5.74, 6) is 0. The first-order valence-electron chi connectivity index (χ1n) is 5.74.